The first kappa shape index (κ1) is 17.9. The molecule has 2 aliphatic rings. The minimum absolute atomic E-state index is 0.0254. The minimum atomic E-state index is -0.370. The molecule has 1 N–H and O–H groups in total. The normalized spacial score (nSPS) is 20.4. The van der Waals surface area contributed by atoms with Gasteiger partial charge in [-0.05, 0) is 42.7 Å². The number of ether oxygens (including phenoxy) is 1. The fraction of sp³-hybridized carbons (Fsp3) is 0.286. The molecular formula is C21H22N2O3. The summed E-state index contributed by atoms with van der Waals surface area (Å²) in [4.78, 5) is 28.7. The Morgan fingerprint density at radius 3 is 2.77 bits per heavy atom. The second-order valence-corrected chi connectivity index (χ2v) is 6.50. The van der Waals surface area contributed by atoms with Gasteiger partial charge in [0.25, 0.3) is 5.91 Å². The molecule has 0 aromatic heterocycles. The van der Waals surface area contributed by atoms with Crippen LogP contribution in [0.4, 0.5) is 0 Å². The summed E-state index contributed by atoms with van der Waals surface area (Å²) < 4.78 is 5.50. The van der Waals surface area contributed by atoms with Gasteiger partial charge < -0.3 is 10.1 Å². The fourth-order valence-electron chi connectivity index (χ4n) is 3.12. The number of nitrogens with zero attached hydrogens (tertiary/aromatic N) is 1. The zero-order chi connectivity index (χ0) is 18.7. The van der Waals surface area contributed by atoms with E-state index in [9.17, 15) is 9.59 Å². The molecule has 0 radical (unpaired) electrons. The van der Waals surface area contributed by atoms with Gasteiger partial charge in [0.2, 0.25) is 5.91 Å². The van der Waals surface area contributed by atoms with Crippen LogP contribution in [0.5, 0.6) is 5.75 Å². The van der Waals surface area contributed by atoms with E-state index in [4.69, 9.17) is 4.74 Å². The van der Waals surface area contributed by atoms with Crippen molar-refractivity contribution in [3.8, 4) is 5.75 Å². The maximum absolute atomic E-state index is 12.6. The number of nitrogens with one attached hydrogen (secondary N) is 1. The number of hydrogen-bond acceptors (Lipinski definition) is 3. The molecule has 1 aliphatic heterocycles. The Morgan fingerprint density at radius 1 is 1.27 bits per heavy atom. The Bertz CT molecular complexity index is 860. The van der Waals surface area contributed by atoms with Crippen LogP contribution in [0.2, 0.25) is 0 Å². The first-order valence-electron chi connectivity index (χ1n) is 8.76. The number of amides is 2. The van der Waals surface area contributed by atoms with Crippen molar-refractivity contribution in [1.82, 2.24) is 5.32 Å². The van der Waals surface area contributed by atoms with E-state index in [0.29, 0.717) is 23.6 Å². The van der Waals surface area contributed by atoms with Gasteiger partial charge in [-0.15, -0.1) is 0 Å². The lowest BCUT2D eigenvalue weighted by Gasteiger charge is -2.29. The number of para-hydroxylation sites is 1. The van der Waals surface area contributed by atoms with Gasteiger partial charge in [-0.25, -0.2) is 4.99 Å². The van der Waals surface area contributed by atoms with Crippen molar-refractivity contribution < 1.29 is 14.3 Å². The molecule has 1 heterocycles. The molecule has 134 valence electrons. The molecule has 5 nitrogen and oxygen atoms in total. The van der Waals surface area contributed by atoms with Gasteiger partial charge in [-0.2, -0.15) is 0 Å². The summed E-state index contributed by atoms with van der Waals surface area (Å²) in [5, 5.41) is 2.86. The Labute approximate surface area is 153 Å². The number of rotatable bonds is 4. The highest BCUT2D eigenvalue weighted by molar-refractivity contribution is 6.14. The predicted octanol–water partition coefficient (Wildman–Crippen LogP) is 3.45. The van der Waals surface area contributed by atoms with Gasteiger partial charge in [-0.1, -0.05) is 32.1 Å². The molecule has 1 aliphatic carbocycles. The third kappa shape index (κ3) is 3.67. The summed E-state index contributed by atoms with van der Waals surface area (Å²) in [6, 6.07) is 7.05. The van der Waals surface area contributed by atoms with E-state index in [1.165, 1.54) is 0 Å². The van der Waals surface area contributed by atoms with E-state index >= 15 is 0 Å². The summed E-state index contributed by atoms with van der Waals surface area (Å²) in [6.45, 7) is 6.47. The van der Waals surface area contributed by atoms with Crippen molar-refractivity contribution in [2.24, 2.45) is 16.8 Å². The predicted molar refractivity (Wildman–Crippen MR) is 101 cm³/mol. The molecule has 0 fully saturated rings. The lowest BCUT2D eigenvalue weighted by molar-refractivity contribution is -0.116. The highest BCUT2D eigenvalue weighted by atomic mass is 16.5. The van der Waals surface area contributed by atoms with E-state index in [-0.39, 0.29) is 23.7 Å². The second kappa shape index (κ2) is 7.52. The summed E-state index contributed by atoms with van der Waals surface area (Å²) in [5.74, 6) is 0.296. The van der Waals surface area contributed by atoms with Crippen LogP contribution in [0.25, 0.3) is 0 Å². The van der Waals surface area contributed by atoms with Crippen molar-refractivity contribution in [2.75, 3.05) is 6.61 Å². The van der Waals surface area contributed by atoms with Gasteiger partial charge in [0.15, 0.2) is 0 Å². The average molecular weight is 350 g/mol. The number of hydrogen-bond donors (Lipinski definition) is 1. The van der Waals surface area contributed by atoms with Crippen molar-refractivity contribution in [1.29, 1.82) is 0 Å². The van der Waals surface area contributed by atoms with E-state index in [1.807, 2.05) is 25.1 Å². The Hall–Kier alpha value is -2.95. The van der Waals surface area contributed by atoms with Gasteiger partial charge in [0.05, 0.1) is 17.9 Å². The minimum Gasteiger partial charge on any atom is -0.493 e. The standard InChI is InChI=1S/C21H22N2O3/c1-4-26-19-8-6-5-7-16(19)21(25)22-14-9-10-15-17(13(2)3)12-20(24)23-18(15)11-14/h5-13,15H,4H2,1-3H3,(H,23,24). The van der Waals surface area contributed by atoms with Crippen LogP contribution >= 0.6 is 0 Å². The lowest BCUT2D eigenvalue weighted by atomic mass is 9.82. The monoisotopic (exact) mass is 350 g/mol. The number of benzene rings is 1. The molecule has 26 heavy (non-hydrogen) atoms. The van der Waals surface area contributed by atoms with Gasteiger partial charge in [0, 0.05) is 17.7 Å². The van der Waals surface area contributed by atoms with Gasteiger partial charge >= 0.3 is 0 Å². The van der Waals surface area contributed by atoms with Gasteiger partial charge in [-0.3, -0.25) is 9.59 Å². The zero-order valence-electron chi connectivity index (χ0n) is 15.2. The molecule has 1 atom stereocenters. The smallest absolute Gasteiger partial charge is 0.281 e. The molecule has 1 aromatic rings. The molecule has 5 heteroatoms. The molecule has 0 saturated heterocycles. The summed E-state index contributed by atoms with van der Waals surface area (Å²) in [5.41, 5.74) is 2.75. The van der Waals surface area contributed by atoms with Crippen molar-refractivity contribution in [2.45, 2.75) is 20.8 Å². The lowest BCUT2D eigenvalue weighted by Crippen LogP contribution is -2.34. The number of aliphatic imine (C=N–C) groups is 1. The third-order valence-corrected chi connectivity index (χ3v) is 4.34. The maximum atomic E-state index is 12.6. The van der Waals surface area contributed by atoms with Crippen molar-refractivity contribution >= 4 is 17.5 Å². The third-order valence-electron chi connectivity index (χ3n) is 4.34. The zero-order valence-corrected chi connectivity index (χ0v) is 15.2. The van der Waals surface area contributed by atoms with Crippen LogP contribution in [0.15, 0.2) is 64.8 Å². The molecule has 0 bridgehead atoms. The van der Waals surface area contributed by atoms with E-state index in [0.717, 1.165) is 11.3 Å². The molecule has 1 unspecified atom stereocenters. The Morgan fingerprint density at radius 2 is 2.04 bits per heavy atom. The molecular weight excluding hydrogens is 328 g/mol. The number of fused-ring (bicyclic) bond motifs is 1. The van der Waals surface area contributed by atoms with Crippen LogP contribution in [0, 0.1) is 11.8 Å². The van der Waals surface area contributed by atoms with Crippen LogP contribution < -0.4 is 10.1 Å². The summed E-state index contributed by atoms with van der Waals surface area (Å²) >= 11 is 0. The van der Waals surface area contributed by atoms with Crippen LogP contribution in [0.3, 0.4) is 0 Å². The van der Waals surface area contributed by atoms with Crippen LogP contribution in [-0.2, 0) is 4.79 Å². The number of allylic oxidation sites excluding steroid dienone is 3. The molecule has 0 spiro atoms. The van der Waals surface area contributed by atoms with Crippen molar-refractivity contribution in [3.05, 3.63) is 65.4 Å². The first-order chi connectivity index (χ1) is 12.5. The molecule has 1 aromatic carbocycles. The number of carbonyl (C=O) groups excluding carboxylic acids is 2. The SMILES string of the molecule is CCOc1ccccc1C(=O)N=C1C=CC2C(=C1)NC(=O)C=C2C(C)C. The Balaban J connectivity index is 1.89. The molecule has 0 saturated carbocycles. The average Bonchev–Trinajstić information content (AvgIpc) is 2.61. The summed E-state index contributed by atoms with van der Waals surface area (Å²) in [7, 11) is 0. The highest BCUT2D eigenvalue weighted by Crippen LogP contribution is 2.31. The van der Waals surface area contributed by atoms with Gasteiger partial charge in [0.1, 0.15) is 5.75 Å². The van der Waals surface area contributed by atoms with E-state index in [2.05, 4.69) is 24.2 Å². The molecule has 3 rings (SSSR count). The molecule has 2 amide bonds. The maximum Gasteiger partial charge on any atom is 0.281 e. The second-order valence-electron chi connectivity index (χ2n) is 6.50. The Kier molecular flexibility index (Phi) is 5.16. The van der Waals surface area contributed by atoms with Crippen molar-refractivity contribution in [3.63, 3.8) is 0 Å². The van der Waals surface area contributed by atoms with Crippen LogP contribution in [0.1, 0.15) is 31.1 Å². The summed E-state index contributed by atoms with van der Waals surface area (Å²) in [6.07, 6.45) is 7.21. The largest absolute Gasteiger partial charge is 0.493 e. The quantitative estimate of drug-likeness (QED) is 0.904. The topological polar surface area (TPSA) is 67.8 Å². The first-order valence-corrected chi connectivity index (χ1v) is 8.76. The number of carbonyl (C=O) groups is 2. The van der Waals surface area contributed by atoms with E-state index in [1.54, 1.807) is 30.4 Å². The fourth-order valence-corrected chi connectivity index (χ4v) is 3.12. The van der Waals surface area contributed by atoms with E-state index < -0.39 is 0 Å². The van der Waals surface area contributed by atoms with Crippen LogP contribution in [-0.4, -0.2) is 24.1 Å². The highest BCUT2D eigenvalue weighted by Gasteiger charge is 2.28.